The van der Waals surface area contributed by atoms with Crippen LogP contribution in [0.15, 0.2) is 42.5 Å². The van der Waals surface area contributed by atoms with Crippen molar-refractivity contribution in [3.63, 3.8) is 0 Å². The van der Waals surface area contributed by atoms with Crippen LogP contribution < -0.4 is 15.4 Å². The summed E-state index contributed by atoms with van der Waals surface area (Å²) in [6.07, 6.45) is 0. The lowest BCUT2D eigenvalue weighted by molar-refractivity contribution is -0.118. The van der Waals surface area contributed by atoms with Crippen LogP contribution >= 0.6 is 0 Å². The molecule has 0 bridgehead atoms. The summed E-state index contributed by atoms with van der Waals surface area (Å²) in [4.78, 5) is 11.3. The highest BCUT2D eigenvalue weighted by Crippen LogP contribution is 2.28. The van der Waals surface area contributed by atoms with Crippen molar-refractivity contribution in [2.24, 2.45) is 0 Å². The van der Waals surface area contributed by atoms with Gasteiger partial charge in [-0.05, 0) is 42.0 Å². The average Bonchev–Trinajstić information content (AvgIpc) is 2.46. The number of phenols is 1. The van der Waals surface area contributed by atoms with E-state index in [0.29, 0.717) is 18.0 Å². The Balaban J connectivity index is 1.70. The summed E-state index contributed by atoms with van der Waals surface area (Å²) >= 11 is 0. The zero-order valence-electron chi connectivity index (χ0n) is 10.7. The molecule has 0 saturated heterocycles. The maximum Gasteiger partial charge on any atom is 0.262 e. The molecule has 0 spiro atoms. The monoisotopic (exact) mass is 270 g/mol. The fourth-order valence-electron chi connectivity index (χ4n) is 2.02. The van der Waals surface area contributed by atoms with Gasteiger partial charge in [0, 0.05) is 12.2 Å². The molecule has 2 aromatic rings. The third kappa shape index (κ3) is 2.66. The summed E-state index contributed by atoms with van der Waals surface area (Å²) < 4.78 is 5.31. The number of hydrogen-bond donors (Lipinski definition) is 3. The lowest BCUT2D eigenvalue weighted by Gasteiger charge is -2.18. The first-order chi connectivity index (χ1) is 9.70. The summed E-state index contributed by atoms with van der Waals surface area (Å²) in [5, 5.41) is 15.2. The number of anilines is 2. The Morgan fingerprint density at radius 1 is 1.20 bits per heavy atom. The summed E-state index contributed by atoms with van der Waals surface area (Å²) in [6.45, 7) is 0.687. The number of carbonyl (C=O) groups is 1. The third-order valence-corrected chi connectivity index (χ3v) is 3.04. The zero-order valence-corrected chi connectivity index (χ0v) is 10.7. The highest BCUT2D eigenvalue weighted by molar-refractivity contribution is 5.95. The molecule has 0 saturated carbocycles. The van der Waals surface area contributed by atoms with Crippen molar-refractivity contribution < 1.29 is 14.6 Å². The van der Waals surface area contributed by atoms with Crippen molar-refractivity contribution in [3.05, 3.63) is 48.0 Å². The van der Waals surface area contributed by atoms with Crippen LogP contribution in [0.4, 0.5) is 11.4 Å². The van der Waals surface area contributed by atoms with Crippen molar-refractivity contribution in [1.82, 2.24) is 0 Å². The Morgan fingerprint density at radius 3 is 2.80 bits per heavy atom. The standard InChI is InChI=1S/C15H14N2O3/c18-12-4-2-11(3-5-12)16-8-10-1-6-14-13(7-10)17-15(19)9-20-14/h1-7,16,18H,8-9H2,(H,17,19). The van der Waals surface area contributed by atoms with Crippen LogP contribution in [0, 0.1) is 0 Å². The number of benzene rings is 2. The van der Waals surface area contributed by atoms with Crippen molar-refractivity contribution in [3.8, 4) is 11.5 Å². The lowest BCUT2D eigenvalue weighted by Crippen LogP contribution is -2.25. The topological polar surface area (TPSA) is 70.6 Å². The molecule has 20 heavy (non-hydrogen) atoms. The Kier molecular flexibility index (Phi) is 3.16. The van der Waals surface area contributed by atoms with Gasteiger partial charge in [0.25, 0.3) is 5.91 Å². The van der Waals surface area contributed by atoms with Gasteiger partial charge in [-0.25, -0.2) is 0 Å². The van der Waals surface area contributed by atoms with Crippen LogP contribution in [-0.4, -0.2) is 17.6 Å². The molecule has 0 atom stereocenters. The largest absolute Gasteiger partial charge is 0.508 e. The molecular formula is C15H14N2O3. The van der Waals surface area contributed by atoms with E-state index >= 15 is 0 Å². The van der Waals surface area contributed by atoms with E-state index in [9.17, 15) is 9.90 Å². The summed E-state index contributed by atoms with van der Waals surface area (Å²) in [6, 6.07) is 12.6. The minimum absolute atomic E-state index is 0.0676. The van der Waals surface area contributed by atoms with Crippen LogP contribution in [0.1, 0.15) is 5.56 Å². The number of aromatic hydroxyl groups is 1. The van der Waals surface area contributed by atoms with Crippen LogP contribution in [0.3, 0.4) is 0 Å². The Hall–Kier alpha value is -2.69. The minimum Gasteiger partial charge on any atom is -0.508 e. The summed E-state index contributed by atoms with van der Waals surface area (Å²) in [7, 11) is 0. The zero-order chi connectivity index (χ0) is 13.9. The van der Waals surface area contributed by atoms with Crippen LogP contribution in [0.2, 0.25) is 0 Å². The number of hydrogen-bond acceptors (Lipinski definition) is 4. The van der Waals surface area contributed by atoms with E-state index in [2.05, 4.69) is 10.6 Å². The number of ether oxygens (including phenoxy) is 1. The molecule has 1 heterocycles. The van der Waals surface area contributed by atoms with Gasteiger partial charge in [0.15, 0.2) is 6.61 Å². The van der Waals surface area contributed by atoms with E-state index in [1.165, 1.54) is 0 Å². The van der Waals surface area contributed by atoms with Gasteiger partial charge < -0.3 is 20.5 Å². The van der Waals surface area contributed by atoms with Crippen molar-refractivity contribution >= 4 is 17.3 Å². The predicted molar refractivity (Wildman–Crippen MR) is 76.0 cm³/mol. The van der Waals surface area contributed by atoms with E-state index < -0.39 is 0 Å². The third-order valence-electron chi connectivity index (χ3n) is 3.04. The highest BCUT2D eigenvalue weighted by atomic mass is 16.5. The van der Waals surface area contributed by atoms with Gasteiger partial charge in [-0.15, -0.1) is 0 Å². The molecule has 3 rings (SSSR count). The molecule has 5 heteroatoms. The Bertz CT molecular complexity index is 638. The second-order valence-corrected chi connectivity index (χ2v) is 4.57. The first kappa shape index (κ1) is 12.3. The number of rotatable bonds is 3. The van der Waals surface area contributed by atoms with Crippen molar-refractivity contribution in [2.45, 2.75) is 6.54 Å². The van der Waals surface area contributed by atoms with Gasteiger partial charge in [-0.3, -0.25) is 4.79 Å². The number of phenolic OH excluding ortho intramolecular Hbond substituents is 1. The van der Waals surface area contributed by atoms with Gasteiger partial charge in [0.2, 0.25) is 0 Å². The van der Waals surface area contributed by atoms with Gasteiger partial charge in [0.05, 0.1) is 5.69 Å². The van der Waals surface area contributed by atoms with Gasteiger partial charge >= 0.3 is 0 Å². The molecule has 1 aliphatic heterocycles. The predicted octanol–water partition coefficient (Wildman–Crippen LogP) is 2.34. The molecule has 1 aliphatic rings. The maximum atomic E-state index is 11.3. The number of fused-ring (bicyclic) bond motifs is 1. The van der Waals surface area contributed by atoms with Gasteiger partial charge in [-0.1, -0.05) is 6.07 Å². The Labute approximate surface area is 116 Å². The van der Waals surface area contributed by atoms with Crippen LogP contribution in [0.5, 0.6) is 11.5 Å². The molecule has 0 aromatic heterocycles. The van der Waals surface area contributed by atoms with E-state index in [1.807, 2.05) is 18.2 Å². The van der Waals surface area contributed by atoms with E-state index in [0.717, 1.165) is 11.3 Å². The van der Waals surface area contributed by atoms with Gasteiger partial charge in [-0.2, -0.15) is 0 Å². The second kappa shape index (κ2) is 5.13. The molecule has 102 valence electrons. The van der Waals surface area contributed by atoms with Crippen molar-refractivity contribution in [2.75, 3.05) is 17.2 Å². The normalized spacial score (nSPS) is 13.1. The molecule has 0 unspecified atom stereocenters. The first-order valence-electron chi connectivity index (χ1n) is 6.29. The van der Waals surface area contributed by atoms with Crippen molar-refractivity contribution in [1.29, 1.82) is 0 Å². The first-order valence-corrected chi connectivity index (χ1v) is 6.29. The number of nitrogens with one attached hydrogen (secondary N) is 2. The molecule has 0 fully saturated rings. The molecule has 2 aromatic carbocycles. The van der Waals surface area contributed by atoms with Crippen LogP contribution in [-0.2, 0) is 11.3 Å². The average molecular weight is 270 g/mol. The smallest absolute Gasteiger partial charge is 0.262 e. The fourth-order valence-corrected chi connectivity index (χ4v) is 2.02. The summed E-state index contributed by atoms with van der Waals surface area (Å²) in [5.74, 6) is 0.795. The van der Waals surface area contributed by atoms with E-state index in [-0.39, 0.29) is 18.3 Å². The SMILES string of the molecule is O=C1COc2ccc(CNc3ccc(O)cc3)cc2N1. The molecule has 0 aliphatic carbocycles. The molecule has 1 amide bonds. The molecular weight excluding hydrogens is 256 g/mol. The molecule has 0 radical (unpaired) electrons. The van der Waals surface area contributed by atoms with Gasteiger partial charge in [0.1, 0.15) is 11.5 Å². The number of amides is 1. The molecule has 3 N–H and O–H groups in total. The Morgan fingerprint density at radius 2 is 2.00 bits per heavy atom. The lowest BCUT2D eigenvalue weighted by atomic mass is 10.1. The minimum atomic E-state index is -0.138. The summed E-state index contributed by atoms with van der Waals surface area (Å²) in [5.41, 5.74) is 2.65. The highest BCUT2D eigenvalue weighted by Gasteiger charge is 2.15. The van der Waals surface area contributed by atoms with E-state index in [1.54, 1.807) is 24.3 Å². The quantitative estimate of drug-likeness (QED) is 0.749. The molecule has 5 nitrogen and oxygen atoms in total. The number of carbonyl (C=O) groups excluding carboxylic acids is 1. The van der Waals surface area contributed by atoms with E-state index in [4.69, 9.17) is 4.74 Å². The second-order valence-electron chi connectivity index (χ2n) is 4.57. The van der Waals surface area contributed by atoms with Crippen LogP contribution in [0.25, 0.3) is 0 Å². The fraction of sp³-hybridized carbons (Fsp3) is 0.133. The maximum absolute atomic E-state index is 11.3.